The lowest BCUT2D eigenvalue weighted by atomic mass is 9.96. The minimum Gasteiger partial charge on any atom is -0.482 e. The Kier molecular flexibility index (Phi) is 9.42. The molecule has 0 atom stereocenters. The molecule has 0 saturated carbocycles. The van der Waals surface area contributed by atoms with Crippen LogP contribution < -0.4 is 10.1 Å². The molecule has 0 aromatic heterocycles. The van der Waals surface area contributed by atoms with Gasteiger partial charge in [-0.15, -0.1) is 0 Å². The van der Waals surface area contributed by atoms with E-state index in [-0.39, 0.29) is 23.5 Å². The first-order chi connectivity index (χ1) is 19.8. The Balaban J connectivity index is 1.20. The molecule has 7 nitrogen and oxygen atoms in total. The summed E-state index contributed by atoms with van der Waals surface area (Å²) in [6.45, 7) is 1.73. The summed E-state index contributed by atoms with van der Waals surface area (Å²) in [7, 11) is -3.69. The van der Waals surface area contributed by atoms with E-state index in [4.69, 9.17) is 16.3 Å². The van der Waals surface area contributed by atoms with Crippen molar-refractivity contribution in [2.45, 2.75) is 10.9 Å². The molecule has 41 heavy (non-hydrogen) atoms. The van der Waals surface area contributed by atoms with Gasteiger partial charge in [0.25, 0.3) is 5.91 Å². The van der Waals surface area contributed by atoms with Gasteiger partial charge in [0.15, 0.2) is 6.61 Å². The van der Waals surface area contributed by atoms with E-state index in [1.54, 1.807) is 30.3 Å². The number of ether oxygens (including phenoxy) is 1. The molecular formula is C31H29BrClN3O4S. The van der Waals surface area contributed by atoms with E-state index < -0.39 is 10.0 Å². The topological polar surface area (TPSA) is 78.9 Å². The molecule has 0 bridgehead atoms. The number of carbonyl (C=O) groups is 1. The summed E-state index contributed by atoms with van der Waals surface area (Å²) in [5.41, 5.74) is 2.83. The zero-order valence-electron chi connectivity index (χ0n) is 22.1. The Morgan fingerprint density at radius 2 is 1.44 bits per heavy atom. The Morgan fingerprint density at radius 3 is 2.00 bits per heavy atom. The van der Waals surface area contributed by atoms with Crippen LogP contribution in [0.15, 0.2) is 112 Å². The molecule has 212 valence electrons. The number of nitrogens with one attached hydrogen (secondary N) is 1. The van der Waals surface area contributed by atoms with Crippen LogP contribution in [0, 0.1) is 0 Å². The van der Waals surface area contributed by atoms with Crippen LogP contribution in [0.2, 0.25) is 5.02 Å². The predicted molar refractivity (Wildman–Crippen MR) is 165 cm³/mol. The molecule has 0 spiro atoms. The molecule has 1 saturated heterocycles. The van der Waals surface area contributed by atoms with Gasteiger partial charge in [0.05, 0.1) is 16.0 Å². The third kappa shape index (κ3) is 7.17. The monoisotopic (exact) mass is 653 g/mol. The van der Waals surface area contributed by atoms with Crippen molar-refractivity contribution >= 4 is 49.1 Å². The number of anilines is 1. The summed E-state index contributed by atoms with van der Waals surface area (Å²) >= 11 is 9.45. The number of carbonyl (C=O) groups excluding carboxylic acids is 1. The second-order valence-corrected chi connectivity index (χ2v) is 12.9. The summed E-state index contributed by atoms with van der Waals surface area (Å²) in [6.07, 6.45) is 0. The summed E-state index contributed by atoms with van der Waals surface area (Å²) < 4.78 is 34.7. The van der Waals surface area contributed by atoms with Crippen molar-refractivity contribution in [2.24, 2.45) is 0 Å². The van der Waals surface area contributed by atoms with E-state index in [0.29, 0.717) is 42.6 Å². The number of amides is 1. The first-order valence-electron chi connectivity index (χ1n) is 13.1. The Morgan fingerprint density at radius 1 is 0.854 bits per heavy atom. The quantitative estimate of drug-likeness (QED) is 0.232. The van der Waals surface area contributed by atoms with Crippen molar-refractivity contribution in [3.05, 3.63) is 124 Å². The number of hydrogen-bond acceptors (Lipinski definition) is 5. The van der Waals surface area contributed by atoms with Crippen LogP contribution in [0.3, 0.4) is 0 Å². The molecule has 4 aromatic carbocycles. The minimum atomic E-state index is -3.69. The normalized spacial score (nSPS) is 14.6. The number of sulfonamides is 1. The van der Waals surface area contributed by atoms with Gasteiger partial charge in [0.2, 0.25) is 10.0 Å². The van der Waals surface area contributed by atoms with E-state index >= 15 is 0 Å². The van der Waals surface area contributed by atoms with Crippen molar-refractivity contribution in [3.8, 4) is 5.75 Å². The molecule has 1 amide bonds. The van der Waals surface area contributed by atoms with Crippen molar-refractivity contribution in [2.75, 3.05) is 38.1 Å². The first-order valence-corrected chi connectivity index (χ1v) is 15.7. The van der Waals surface area contributed by atoms with Crippen LogP contribution in [0.5, 0.6) is 5.75 Å². The highest BCUT2D eigenvalue weighted by Crippen LogP contribution is 2.31. The van der Waals surface area contributed by atoms with E-state index in [0.717, 1.165) is 4.47 Å². The van der Waals surface area contributed by atoms with E-state index in [2.05, 4.69) is 50.4 Å². The van der Waals surface area contributed by atoms with E-state index in [9.17, 15) is 13.2 Å². The highest BCUT2D eigenvalue weighted by Gasteiger charge is 2.32. The van der Waals surface area contributed by atoms with Crippen molar-refractivity contribution in [1.82, 2.24) is 9.21 Å². The number of piperazine rings is 1. The first kappa shape index (κ1) is 29.3. The molecule has 1 heterocycles. The van der Waals surface area contributed by atoms with Gasteiger partial charge in [0.1, 0.15) is 5.75 Å². The second-order valence-electron chi connectivity index (χ2n) is 9.60. The largest absolute Gasteiger partial charge is 0.482 e. The van der Waals surface area contributed by atoms with E-state index in [1.807, 2.05) is 36.4 Å². The lowest BCUT2D eigenvalue weighted by molar-refractivity contribution is -0.118. The van der Waals surface area contributed by atoms with Gasteiger partial charge in [-0.05, 0) is 53.6 Å². The van der Waals surface area contributed by atoms with Gasteiger partial charge < -0.3 is 10.1 Å². The lowest BCUT2D eigenvalue weighted by Gasteiger charge is -2.39. The zero-order chi connectivity index (χ0) is 28.8. The van der Waals surface area contributed by atoms with Crippen molar-refractivity contribution < 1.29 is 17.9 Å². The molecule has 1 aliphatic heterocycles. The highest BCUT2D eigenvalue weighted by atomic mass is 79.9. The fourth-order valence-corrected chi connectivity index (χ4v) is 7.03. The third-order valence-corrected chi connectivity index (χ3v) is 9.60. The molecule has 1 fully saturated rings. The Labute approximate surface area is 253 Å². The smallest absolute Gasteiger partial charge is 0.262 e. The molecule has 0 radical (unpaired) electrons. The molecule has 10 heteroatoms. The number of nitrogens with zero attached hydrogens (tertiary/aromatic N) is 2. The van der Waals surface area contributed by atoms with Gasteiger partial charge in [-0.25, -0.2) is 8.42 Å². The molecule has 5 rings (SSSR count). The molecule has 1 N–H and O–H groups in total. The zero-order valence-corrected chi connectivity index (χ0v) is 25.3. The summed E-state index contributed by atoms with van der Waals surface area (Å²) in [6, 6.07) is 31.9. The Bertz CT molecular complexity index is 1540. The van der Waals surface area contributed by atoms with Gasteiger partial charge in [0, 0.05) is 36.3 Å². The van der Waals surface area contributed by atoms with E-state index in [1.165, 1.54) is 27.6 Å². The number of rotatable bonds is 9. The van der Waals surface area contributed by atoms with Crippen LogP contribution in [0.4, 0.5) is 5.69 Å². The van der Waals surface area contributed by atoms with Gasteiger partial charge in [-0.2, -0.15) is 4.31 Å². The number of benzene rings is 4. The number of halogens is 2. The summed E-state index contributed by atoms with van der Waals surface area (Å²) in [5, 5.41) is 3.11. The average Bonchev–Trinajstić information content (AvgIpc) is 2.98. The third-order valence-electron chi connectivity index (χ3n) is 6.90. The maximum absolute atomic E-state index is 13.4. The maximum Gasteiger partial charge on any atom is 0.262 e. The minimum absolute atomic E-state index is 0.0499. The SMILES string of the molecule is O=C(COc1ccc(Br)cc1Cl)Nc1ccc(S(=O)(=O)N2CCN(C(c3ccccc3)c3ccccc3)CC2)cc1. The van der Waals surface area contributed by atoms with Gasteiger partial charge >= 0.3 is 0 Å². The fraction of sp³-hybridized carbons (Fsp3) is 0.194. The van der Waals surface area contributed by atoms with Crippen LogP contribution >= 0.6 is 27.5 Å². The van der Waals surface area contributed by atoms with Crippen LogP contribution in [-0.4, -0.2) is 56.3 Å². The number of hydrogen-bond donors (Lipinski definition) is 1. The standard InChI is InChI=1S/C31H29BrClN3O4S/c32-25-11-16-29(28(33)21-25)40-22-30(37)34-26-12-14-27(15-13-26)41(38,39)36-19-17-35(18-20-36)31(23-7-3-1-4-8-23)24-9-5-2-6-10-24/h1-16,21,31H,17-20,22H2,(H,34,37). The predicted octanol–water partition coefficient (Wildman–Crippen LogP) is 6.22. The molecular weight excluding hydrogens is 626 g/mol. The average molecular weight is 655 g/mol. The molecule has 4 aromatic rings. The molecule has 0 unspecified atom stereocenters. The van der Waals surface area contributed by atoms with Crippen LogP contribution in [0.1, 0.15) is 17.2 Å². The van der Waals surface area contributed by atoms with Crippen molar-refractivity contribution in [1.29, 1.82) is 0 Å². The maximum atomic E-state index is 13.4. The van der Waals surface area contributed by atoms with Crippen molar-refractivity contribution in [3.63, 3.8) is 0 Å². The van der Waals surface area contributed by atoms with Crippen LogP contribution in [0.25, 0.3) is 0 Å². The second kappa shape index (κ2) is 13.2. The van der Waals surface area contributed by atoms with Gasteiger partial charge in [-0.1, -0.05) is 88.2 Å². The lowest BCUT2D eigenvalue weighted by Crippen LogP contribution is -2.49. The molecule has 1 aliphatic rings. The summed E-state index contributed by atoms with van der Waals surface area (Å²) in [4.78, 5) is 14.9. The highest BCUT2D eigenvalue weighted by molar-refractivity contribution is 9.10. The molecule has 0 aliphatic carbocycles. The van der Waals surface area contributed by atoms with Crippen LogP contribution in [-0.2, 0) is 14.8 Å². The Hall–Kier alpha value is -3.21. The summed E-state index contributed by atoms with van der Waals surface area (Å²) in [5.74, 6) is 0.00696. The van der Waals surface area contributed by atoms with Gasteiger partial charge in [-0.3, -0.25) is 9.69 Å². The fourth-order valence-electron chi connectivity index (χ4n) is 4.88.